The van der Waals surface area contributed by atoms with Crippen molar-refractivity contribution in [3.63, 3.8) is 0 Å². The highest BCUT2D eigenvalue weighted by atomic mass is 32.1. The van der Waals surface area contributed by atoms with Gasteiger partial charge in [0.25, 0.3) is 0 Å². The fraction of sp³-hybridized carbons (Fsp3) is 0.600. The minimum atomic E-state index is -0.0475. The fourth-order valence-corrected chi connectivity index (χ4v) is 3.67. The Bertz CT molecular complexity index is 503. The van der Waals surface area contributed by atoms with Crippen molar-refractivity contribution in [3.05, 3.63) is 22.4 Å². The number of fused-ring (bicyclic) bond motifs is 1. The molecule has 2 aliphatic rings. The third-order valence-corrected chi connectivity index (χ3v) is 5.07. The normalized spacial score (nSPS) is 25.9. The van der Waals surface area contributed by atoms with Crippen LogP contribution >= 0.6 is 11.3 Å². The Kier molecular flexibility index (Phi) is 4.55. The van der Waals surface area contributed by atoms with E-state index >= 15 is 0 Å². The van der Waals surface area contributed by atoms with Gasteiger partial charge in [-0.1, -0.05) is 6.07 Å². The van der Waals surface area contributed by atoms with Gasteiger partial charge in [0.15, 0.2) is 0 Å². The van der Waals surface area contributed by atoms with Gasteiger partial charge in [0.05, 0.1) is 12.1 Å². The van der Waals surface area contributed by atoms with Crippen molar-refractivity contribution in [2.24, 2.45) is 0 Å². The van der Waals surface area contributed by atoms with Crippen molar-refractivity contribution < 1.29 is 14.3 Å². The molecule has 5 nitrogen and oxygen atoms in total. The minimum Gasteiger partial charge on any atom is -0.366 e. The van der Waals surface area contributed by atoms with Gasteiger partial charge in [-0.25, -0.2) is 0 Å². The van der Waals surface area contributed by atoms with E-state index in [-0.39, 0.29) is 30.6 Å². The molecule has 2 aliphatic heterocycles. The molecule has 0 aromatic carbocycles. The van der Waals surface area contributed by atoms with Crippen LogP contribution in [0.4, 0.5) is 0 Å². The highest BCUT2D eigenvalue weighted by Crippen LogP contribution is 2.19. The van der Waals surface area contributed by atoms with Crippen LogP contribution in [0.2, 0.25) is 0 Å². The maximum Gasteiger partial charge on any atom is 0.246 e. The Morgan fingerprint density at radius 1 is 1.43 bits per heavy atom. The van der Waals surface area contributed by atoms with Crippen LogP contribution in [0.15, 0.2) is 17.5 Å². The molecule has 0 aliphatic carbocycles. The summed E-state index contributed by atoms with van der Waals surface area (Å²) in [5.41, 5.74) is 0. The molecule has 2 fully saturated rings. The van der Waals surface area contributed by atoms with E-state index in [4.69, 9.17) is 4.74 Å². The Labute approximate surface area is 128 Å². The molecule has 0 radical (unpaired) electrons. The molecule has 3 rings (SSSR count). The first kappa shape index (κ1) is 14.5. The lowest BCUT2D eigenvalue weighted by atomic mass is 10.0. The molecule has 0 saturated carbocycles. The number of nitrogens with one attached hydrogen (secondary N) is 1. The summed E-state index contributed by atoms with van der Waals surface area (Å²) in [5.74, 6) is 0.155. The molecule has 1 aromatic heterocycles. The summed E-state index contributed by atoms with van der Waals surface area (Å²) in [6.45, 7) is 1.57. The number of amides is 2. The predicted octanol–water partition coefficient (Wildman–Crippen LogP) is 1.19. The Balaban J connectivity index is 1.52. The first-order valence-corrected chi connectivity index (χ1v) is 8.31. The van der Waals surface area contributed by atoms with Gasteiger partial charge in [-0.2, -0.15) is 0 Å². The molecular formula is C15H20N2O3S. The molecule has 0 spiro atoms. The van der Waals surface area contributed by atoms with Crippen molar-refractivity contribution in [3.8, 4) is 0 Å². The summed E-state index contributed by atoms with van der Waals surface area (Å²) >= 11 is 1.69. The second-order valence-corrected chi connectivity index (χ2v) is 6.59. The summed E-state index contributed by atoms with van der Waals surface area (Å²) in [7, 11) is 0. The second-order valence-electron chi connectivity index (χ2n) is 5.56. The lowest BCUT2D eigenvalue weighted by Crippen LogP contribution is -2.51. The third-order valence-electron chi connectivity index (χ3n) is 4.14. The van der Waals surface area contributed by atoms with Gasteiger partial charge in [-0.15, -0.1) is 11.3 Å². The second kappa shape index (κ2) is 6.58. The summed E-state index contributed by atoms with van der Waals surface area (Å²) in [6, 6.07) is 4.14. The number of nitrogens with zero attached hydrogens (tertiary/aromatic N) is 1. The van der Waals surface area contributed by atoms with E-state index in [0.717, 1.165) is 25.8 Å². The van der Waals surface area contributed by atoms with E-state index in [1.54, 1.807) is 11.3 Å². The average Bonchev–Trinajstić information content (AvgIpc) is 2.91. The summed E-state index contributed by atoms with van der Waals surface area (Å²) in [6.07, 6.45) is 3.00. The zero-order valence-corrected chi connectivity index (χ0v) is 12.7. The highest BCUT2D eigenvalue weighted by Gasteiger charge is 2.33. The van der Waals surface area contributed by atoms with Crippen LogP contribution in [0.5, 0.6) is 0 Å². The van der Waals surface area contributed by atoms with E-state index in [1.807, 2.05) is 16.3 Å². The molecule has 21 heavy (non-hydrogen) atoms. The van der Waals surface area contributed by atoms with Gasteiger partial charge < -0.3 is 15.0 Å². The van der Waals surface area contributed by atoms with Crippen LogP contribution in [0.3, 0.4) is 0 Å². The van der Waals surface area contributed by atoms with Crippen LogP contribution in [0, 0.1) is 0 Å². The van der Waals surface area contributed by atoms with E-state index in [2.05, 4.69) is 11.4 Å². The zero-order valence-electron chi connectivity index (χ0n) is 11.9. The highest BCUT2D eigenvalue weighted by molar-refractivity contribution is 7.09. The number of carbonyl (C=O) groups is 2. The Morgan fingerprint density at radius 2 is 2.29 bits per heavy atom. The largest absolute Gasteiger partial charge is 0.366 e. The maximum atomic E-state index is 12.3. The number of likely N-dealkylation sites (tertiary alicyclic amines) is 1. The molecule has 0 bridgehead atoms. The number of aryl methyl sites for hydroxylation is 1. The number of hydrogen-bond acceptors (Lipinski definition) is 4. The van der Waals surface area contributed by atoms with Gasteiger partial charge in [0, 0.05) is 24.4 Å². The van der Waals surface area contributed by atoms with Crippen LogP contribution in [-0.2, 0) is 20.7 Å². The minimum absolute atomic E-state index is 0.0475. The molecule has 114 valence electrons. The SMILES string of the molecule is O=C1CO[C@H]2CCN(C(=O)CCc3cccs3)CC[C@@H]2N1. The molecule has 1 aromatic rings. The van der Waals surface area contributed by atoms with Crippen molar-refractivity contribution in [1.82, 2.24) is 10.2 Å². The standard InChI is InChI=1S/C15H20N2O3S/c18-14-10-20-13-6-8-17(7-5-12(13)16-14)15(19)4-3-11-2-1-9-21-11/h1-2,9,12-13H,3-8,10H2,(H,16,18)/t12-,13-/m0/s1. The number of carbonyl (C=O) groups excluding carboxylic acids is 2. The maximum absolute atomic E-state index is 12.3. The smallest absolute Gasteiger partial charge is 0.246 e. The molecule has 1 N–H and O–H groups in total. The van der Waals surface area contributed by atoms with Gasteiger partial charge in [0.1, 0.15) is 6.61 Å². The molecule has 2 saturated heterocycles. The topological polar surface area (TPSA) is 58.6 Å². The molecule has 6 heteroatoms. The van der Waals surface area contributed by atoms with E-state index in [1.165, 1.54) is 4.88 Å². The van der Waals surface area contributed by atoms with Crippen molar-refractivity contribution >= 4 is 23.2 Å². The van der Waals surface area contributed by atoms with Crippen LogP contribution < -0.4 is 5.32 Å². The van der Waals surface area contributed by atoms with Gasteiger partial charge in [0.2, 0.25) is 11.8 Å². The Hall–Kier alpha value is -1.40. The molecule has 3 heterocycles. The van der Waals surface area contributed by atoms with Gasteiger partial charge in [-0.3, -0.25) is 9.59 Å². The van der Waals surface area contributed by atoms with Crippen molar-refractivity contribution in [2.45, 2.75) is 37.8 Å². The summed E-state index contributed by atoms with van der Waals surface area (Å²) < 4.78 is 5.57. The summed E-state index contributed by atoms with van der Waals surface area (Å²) in [5, 5.41) is 5.01. The molecule has 2 amide bonds. The number of thiophene rings is 1. The average molecular weight is 308 g/mol. The zero-order chi connectivity index (χ0) is 14.7. The predicted molar refractivity (Wildman–Crippen MR) is 80.1 cm³/mol. The first-order valence-electron chi connectivity index (χ1n) is 7.43. The van der Waals surface area contributed by atoms with Crippen LogP contribution in [-0.4, -0.2) is 48.6 Å². The third kappa shape index (κ3) is 3.63. The number of ether oxygens (including phenoxy) is 1. The van der Waals surface area contributed by atoms with Gasteiger partial charge in [-0.05, 0) is 30.7 Å². The lowest BCUT2D eigenvalue weighted by molar-refractivity contribution is -0.137. The van der Waals surface area contributed by atoms with Crippen LogP contribution in [0.25, 0.3) is 0 Å². The van der Waals surface area contributed by atoms with Crippen LogP contribution in [0.1, 0.15) is 24.1 Å². The van der Waals surface area contributed by atoms with Crippen molar-refractivity contribution in [1.29, 1.82) is 0 Å². The molecule has 0 unspecified atom stereocenters. The fourth-order valence-electron chi connectivity index (χ4n) is 2.97. The lowest BCUT2D eigenvalue weighted by Gasteiger charge is -2.30. The van der Waals surface area contributed by atoms with Gasteiger partial charge >= 0.3 is 0 Å². The molecule has 2 atom stereocenters. The summed E-state index contributed by atoms with van der Waals surface area (Å²) in [4.78, 5) is 26.9. The van der Waals surface area contributed by atoms with E-state index < -0.39 is 0 Å². The molecular weight excluding hydrogens is 288 g/mol. The number of hydrogen-bond donors (Lipinski definition) is 1. The quantitative estimate of drug-likeness (QED) is 0.912. The monoisotopic (exact) mass is 308 g/mol. The van der Waals surface area contributed by atoms with E-state index in [0.29, 0.717) is 13.0 Å². The first-order chi connectivity index (χ1) is 10.2. The Morgan fingerprint density at radius 3 is 3.10 bits per heavy atom. The number of rotatable bonds is 3. The van der Waals surface area contributed by atoms with E-state index in [9.17, 15) is 9.59 Å². The van der Waals surface area contributed by atoms with Crippen molar-refractivity contribution in [2.75, 3.05) is 19.7 Å². The number of morpholine rings is 1.